The monoisotopic (exact) mass is 571 g/mol. The van der Waals surface area contributed by atoms with Crippen LogP contribution in [0.4, 0.5) is 10.2 Å². The molecule has 6 rings (SSSR count). The number of hydrogen-bond donors (Lipinski definition) is 0. The summed E-state index contributed by atoms with van der Waals surface area (Å²) < 4.78 is 27.7. The van der Waals surface area contributed by atoms with E-state index in [0.717, 1.165) is 55.5 Å². The molecule has 12 heteroatoms. The molecule has 2 fully saturated rings. The Kier molecular flexibility index (Phi) is 7.53. The molecule has 2 aliphatic rings. The van der Waals surface area contributed by atoms with Crippen molar-refractivity contribution < 1.29 is 13.9 Å². The van der Waals surface area contributed by atoms with Crippen LogP contribution in [0.5, 0.6) is 5.88 Å². The molecule has 0 spiro atoms. The Morgan fingerprint density at radius 2 is 1.97 bits per heavy atom. The summed E-state index contributed by atoms with van der Waals surface area (Å²) in [5.74, 6) is 1.81. The highest BCUT2D eigenvalue weighted by Crippen LogP contribution is 2.25. The van der Waals surface area contributed by atoms with Gasteiger partial charge in [-0.15, -0.1) is 10.2 Å². The predicted octanol–water partition coefficient (Wildman–Crippen LogP) is 4.75. The number of anilines is 1. The lowest BCUT2D eigenvalue weighted by Gasteiger charge is -2.40. The van der Waals surface area contributed by atoms with Crippen LogP contribution in [0.15, 0.2) is 42.5 Å². The fraction of sp³-hybridized carbons (Fsp3) is 0.407. The van der Waals surface area contributed by atoms with Gasteiger partial charge in [0.2, 0.25) is 5.88 Å². The van der Waals surface area contributed by atoms with E-state index in [1.165, 1.54) is 6.07 Å². The Labute approximate surface area is 235 Å². The quantitative estimate of drug-likeness (QED) is 0.300. The molecular formula is C27H28Cl2FN7O2. The molecule has 0 radical (unpaired) electrons. The first-order valence-corrected chi connectivity index (χ1v) is 13.7. The molecule has 0 bridgehead atoms. The number of benzene rings is 1. The molecule has 204 valence electrons. The van der Waals surface area contributed by atoms with E-state index in [1.54, 1.807) is 24.3 Å². The fourth-order valence-electron chi connectivity index (χ4n) is 4.96. The number of ether oxygens (including phenoxy) is 2. The summed E-state index contributed by atoms with van der Waals surface area (Å²) in [5.41, 5.74) is 1.91. The summed E-state index contributed by atoms with van der Waals surface area (Å²) in [4.78, 5) is 14.2. The van der Waals surface area contributed by atoms with Crippen LogP contribution in [-0.2, 0) is 24.4 Å². The zero-order valence-corrected chi connectivity index (χ0v) is 22.9. The normalized spacial score (nSPS) is 19.8. The summed E-state index contributed by atoms with van der Waals surface area (Å²) in [7, 11) is 0. The standard InChI is InChI=1S/C27H28Cl2FN7O2/c1-17-13-36(24-3-2-4-26(32-24)39-16-18-5-6-19(28)11-21(18)30)9-8-35(17)15-25-31-22-12-23(29)33-34-27(22)37(25)14-20-7-10-38-20/h2-6,11-12,17,20H,7-10,13-16H2,1H3/t17-,20-/m0/s1. The average Bonchev–Trinajstić information content (AvgIpc) is 3.22. The first-order valence-electron chi connectivity index (χ1n) is 13.0. The van der Waals surface area contributed by atoms with E-state index in [4.69, 9.17) is 37.7 Å². The summed E-state index contributed by atoms with van der Waals surface area (Å²) in [6, 6.07) is 12.2. The Morgan fingerprint density at radius 3 is 2.74 bits per heavy atom. The number of pyridine rings is 1. The molecule has 0 unspecified atom stereocenters. The van der Waals surface area contributed by atoms with Crippen LogP contribution >= 0.6 is 23.2 Å². The van der Waals surface area contributed by atoms with Crippen LogP contribution in [0.25, 0.3) is 11.2 Å². The van der Waals surface area contributed by atoms with Crippen molar-refractivity contribution in [2.45, 2.75) is 45.2 Å². The second-order valence-corrected chi connectivity index (χ2v) is 10.7. The number of aromatic nitrogens is 5. The van der Waals surface area contributed by atoms with Crippen LogP contribution in [0.2, 0.25) is 10.2 Å². The molecule has 4 aromatic rings. The van der Waals surface area contributed by atoms with E-state index in [1.807, 2.05) is 12.1 Å². The molecule has 3 aromatic heterocycles. The third-order valence-corrected chi connectivity index (χ3v) is 7.67. The van der Waals surface area contributed by atoms with Crippen molar-refractivity contribution in [3.63, 3.8) is 0 Å². The van der Waals surface area contributed by atoms with Crippen molar-refractivity contribution in [3.8, 4) is 5.88 Å². The third-order valence-electron chi connectivity index (χ3n) is 7.25. The highest BCUT2D eigenvalue weighted by atomic mass is 35.5. The Bertz CT molecular complexity index is 1480. The molecule has 2 saturated heterocycles. The lowest BCUT2D eigenvalue weighted by molar-refractivity contribution is -0.0593. The molecule has 0 aliphatic carbocycles. The molecule has 9 nitrogen and oxygen atoms in total. The topological polar surface area (TPSA) is 81.4 Å². The third kappa shape index (κ3) is 5.79. The molecular weight excluding hydrogens is 544 g/mol. The van der Waals surface area contributed by atoms with Gasteiger partial charge in [0.1, 0.15) is 29.6 Å². The minimum Gasteiger partial charge on any atom is -0.473 e. The van der Waals surface area contributed by atoms with Gasteiger partial charge in [-0.2, -0.15) is 4.98 Å². The summed E-state index contributed by atoms with van der Waals surface area (Å²) in [6.07, 6.45) is 1.20. The van der Waals surface area contributed by atoms with Crippen LogP contribution in [-0.4, -0.2) is 68.0 Å². The van der Waals surface area contributed by atoms with Gasteiger partial charge in [-0.1, -0.05) is 35.3 Å². The molecule has 0 N–H and O–H groups in total. The highest BCUT2D eigenvalue weighted by molar-refractivity contribution is 6.30. The minimum absolute atomic E-state index is 0.0755. The predicted molar refractivity (Wildman–Crippen MR) is 147 cm³/mol. The summed E-state index contributed by atoms with van der Waals surface area (Å²) in [6.45, 7) is 6.87. The van der Waals surface area contributed by atoms with Gasteiger partial charge in [0, 0.05) is 55.0 Å². The molecule has 0 amide bonds. The van der Waals surface area contributed by atoms with Crippen molar-refractivity contribution in [1.29, 1.82) is 0 Å². The van der Waals surface area contributed by atoms with Gasteiger partial charge in [0.05, 0.1) is 19.2 Å². The Morgan fingerprint density at radius 1 is 1.10 bits per heavy atom. The molecule has 5 heterocycles. The maximum Gasteiger partial charge on any atom is 0.215 e. The fourth-order valence-corrected chi connectivity index (χ4v) is 5.26. The van der Waals surface area contributed by atoms with Gasteiger partial charge in [-0.3, -0.25) is 4.90 Å². The Balaban J connectivity index is 1.12. The van der Waals surface area contributed by atoms with E-state index >= 15 is 0 Å². The number of imidazole rings is 1. The first-order chi connectivity index (χ1) is 18.9. The van der Waals surface area contributed by atoms with E-state index < -0.39 is 5.82 Å². The zero-order chi connectivity index (χ0) is 26.9. The number of nitrogens with zero attached hydrogens (tertiary/aromatic N) is 7. The van der Waals surface area contributed by atoms with Gasteiger partial charge >= 0.3 is 0 Å². The average molecular weight is 572 g/mol. The SMILES string of the molecule is C[C@H]1CN(c2cccc(OCc3ccc(Cl)cc3F)n2)CCN1Cc1nc2cc(Cl)nnc2n1C[C@@H]1CCO1. The van der Waals surface area contributed by atoms with Gasteiger partial charge in [-0.05, 0) is 31.5 Å². The van der Waals surface area contributed by atoms with Crippen molar-refractivity contribution in [3.05, 3.63) is 69.8 Å². The largest absolute Gasteiger partial charge is 0.473 e. The van der Waals surface area contributed by atoms with E-state index in [-0.39, 0.29) is 18.8 Å². The second-order valence-electron chi connectivity index (χ2n) is 9.92. The molecule has 0 saturated carbocycles. The van der Waals surface area contributed by atoms with E-state index in [0.29, 0.717) is 34.7 Å². The van der Waals surface area contributed by atoms with Crippen molar-refractivity contribution in [2.75, 3.05) is 31.1 Å². The number of fused-ring (bicyclic) bond motifs is 1. The number of piperazine rings is 1. The van der Waals surface area contributed by atoms with Gasteiger partial charge < -0.3 is 18.9 Å². The number of hydrogen-bond acceptors (Lipinski definition) is 8. The van der Waals surface area contributed by atoms with E-state index in [2.05, 4.69) is 36.5 Å². The first kappa shape index (κ1) is 26.2. The summed E-state index contributed by atoms with van der Waals surface area (Å²) in [5, 5.41) is 9.04. The van der Waals surface area contributed by atoms with Crippen LogP contribution < -0.4 is 9.64 Å². The van der Waals surface area contributed by atoms with Crippen LogP contribution in [0, 0.1) is 5.82 Å². The number of rotatable bonds is 8. The lowest BCUT2D eigenvalue weighted by atomic mass is 10.1. The van der Waals surface area contributed by atoms with E-state index in [9.17, 15) is 4.39 Å². The second kappa shape index (κ2) is 11.2. The Hall–Kier alpha value is -3.05. The molecule has 39 heavy (non-hydrogen) atoms. The maximum atomic E-state index is 14.1. The minimum atomic E-state index is -0.396. The highest BCUT2D eigenvalue weighted by Gasteiger charge is 2.28. The van der Waals surface area contributed by atoms with Gasteiger partial charge in [-0.25, -0.2) is 9.37 Å². The van der Waals surface area contributed by atoms with Crippen LogP contribution in [0.1, 0.15) is 24.7 Å². The molecule has 2 aliphatic heterocycles. The zero-order valence-electron chi connectivity index (χ0n) is 21.4. The smallest absolute Gasteiger partial charge is 0.215 e. The van der Waals surface area contributed by atoms with Crippen molar-refractivity contribution >= 4 is 40.2 Å². The summed E-state index contributed by atoms with van der Waals surface area (Å²) >= 11 is 11.9. The molecule has 1 aromatic carbocycles. The van der Waals surface area contributed by atoms with Crippen molar-refractivity contribution in [1.82, 2.24) is 29.6 Å². The van der Waals surface area contributed by atoms with Gasteiger partial charge in [0.15, 0.2) is 10.8 Å². The number of halogens is 3. The lowest BCUT2D eigenvalue weighted by Crippen LogP contribution is -2.52. The van der Waals surface area contributed by atoms with Gasteiger partial charge in [0.25, 0.3) is 0 Å². The van der Waals surface area contributed by atoms with Crippen molar-refractivity contribution in [2.24, 2.45) is 0 Å². The maximum absolute atomic E-state index is 14.1. The van der Waals surface area contributed by atoms with Crippen LogP contribution in [0.3, 0.4) is 0 Å². The molecule has 2 atom stereocenters.